The molecule has 1 aliphatic carbocycles. The lowest BCUT2D eigenvalue weighted by atomic mass is 9.80. The molecule has 0 atom stereocenters. The van der Waals surface area contributed by atoms with Crippen molar-refractivity contribution in [2.75, 3.05) is 11.9 Å². The van der Waals surface area contributed by atoms with Gasteiger partial charge in [0.25, 0.3) is 0 Å². The normalized spacial score (nSPS) is 20.9. The molecule has 37 heavy (non-hydrogen) atoms. The summed E-state index contributed by atoms with van der Waals surface area (Å²) in [5, 5.41) is 7.33. The van der Waals surface area contributed by atoms with Crippen molar-refractivity contribution < 1.29 is 18.8 Å². The number of amides is 1. The molecule has 2 aliphatic rings. The van der Waals surface area contributed by atoms with Crippen LogP contribution in [-0.2, 0) is 11.2 Å². The highest BCUT2D eigenvalue weighted by Crippen LogP contribution is 2.43. The highest BCUT2D eigenvalue weighted by Gasteiger charge is 2.35. The summed E-state index contributed by atoms with van der Waals surface area (Å²) in [6, 6.07) is 10.5. The van der Waals surface area contributed by atoms with Gasteiger partial charge in [-0.2, -0.15) is 0 Å². The van der Waals surface area contributed by atoms with Crippen LogP contribution in [-0.4, -0.2) is 41.3 Å². The largest absolute Gasteiger partial charge is 0.382 e. The van der Waals surface area contributed by atoms with E-state index in [4.69, 9.17) is 5.73 Å². The van der Waals surface area contributed by atoms with Crippen LogP contribution in [0.4, 0.5) is 10.1 Å². The first-order valence-corrected chi connectivity index (χ1v) is 12.9. The number of halogens is 1. The Hall–Kier alpha value is -3.52. The molecule has 1 amide bonds. The second kappa shape index (κ2) is 9.74. The molecule has 194 valence electrons. The number of benzene rings is 2. The summed E-state index contributed by atoms with van der Waals surface area (Å²) in [6.07, 6.45) is 5.29. The molecule has 1 saturated carbocycles. The van der Waals surface area contributed by atoms with Gasteiger partial charge in [0.05, 0.1) is 12.1 Å². The minimum atomic E-state index is -0.381. The van der Waals surface area contributed by atoms with E-state index in [-0.39, 0.29) is 41.7 Å². The van der Waals surface area contributed by atoms with Crippen molar-refractivity contribution in [3.63, 3.8) is 0 Å². The van der Waals surface area contributed by atoms with Crippen molar-refractivity contribution in [2.24, 2.45) is 11.1 Å². The number of rotatable bonds is 6. The van der Waals surface area contributed by atoms with Crippen molar-refractivity contribution in [3.05, 3.63) is 53.5 Å². The summed E-state index contributed by atoms with van der Waals surface area (Å²) < 4.78 is 15.9. The number of carbonyl (C=O) groups is 3. The average Bonchev–Trinajstić information content (AvgIpc) is 3.17. The van der Waals surface area contributed by atoms with Crippen molar-refractivity contribution in [1.29, 1.82) is 0 Å². The van der Waals surface area contributed by atoms with Crippen LogP contribution in [0.25, 0.3) is 22.0 Å². The van der Waals surface area contributed by atoms with E-state index in [1.54, 1.807) is 16.7 Å². The van der Waals surface area contributed by atoms with Crippen molar-refractivity contribution in [2.45, 2.75) is 64.5 Å². The van der Waals surface area contributed by atoms with Crippen LogP contribution in [0.5, 0.6) is 0 Å². The number of aldehydes is 1. The Morgan fingerprint density at radius 2 is 1.84 bits per heavy atom. The van der Waals surface area contributed by atoms with Crippen molar-refractivity contribution in [1.82, 2.24) is 9.88 Å². The summed E-state index contributed by atoms with van der Waals surface area (Å²) in [5.41, 5.74) is 9.74. The highest BCUT2D eigenvalue weighted by molar-refractivity contribution is 6.05. The third-order valence-electron chi connectivity index (χ3n) is 7.66. The van der Waals surface area contributed by atoms with Crippen molar-refractivity contribution >= 4 is 34.7 Å². The second-order valence-corrected chi connectivity index (χ2v) is 11.1. The Labute approximate surface area is 215 Å². The summed E-state index contributed by atoms with van der Waals surface area (Å²) >= 11 is 0. The van der Waals surface area contributed by atoms with Crippen LogP contribution in [0, 0.1) is 11.2 Å². The quantitative estimate of drug-likeness (QED) is 0.423. The first-order valence-electron chi connectivity index (χ1n) is 12.9. The molecule has 2 heterocycles. The number of nitrogens with two attached hydrogens (primary N) is 1. The molecule has 0 radical (unpaired) electrons. The van der Waals surface area contributed by atoms with E-state index in [9.17, 15) is 18.8 Å². The zero-order chi connectivity index (χ0) is 26.3. The van der Waals surface area contributed by atoms with Gasteiger partial charge in [0.1, 0.15) is 5.82 Å². The molecule has 8 heteroatoms. The predicted octanol–water partition coefficient (Wildman–Crippen LogP) is 4.67. The van der Waals surface area contributed by atoms with Crippen LogP contribution in [0.3, 0.4) is 0 Å². The molecule has 5 rings (SSSR count). The van der Waals surface area contributed by atoms with Crippen LogP contribution in [0.2, 0.25) is 0 Å². The SMILES string of the molecule is CC1(C)CC(=O)n2c(c(-c3ccc(C=O)c(N[C@H]4CC[C@H](NC(=O)CN)CC4)c3)c3ccc(F)cc32)C1. The van der Waals surface area contributed by atoms with Crippen LogP contribution >= 0.6 is 0 Å². The fourth-order valence-electron chi connectivity index (χ4n) is 5.92. The fourth-order valence-corrected chi connectivity index (χ4v) is 5.92. The van der Waals surface area contributed by atoms with Gasteiger partial charge in [0.15, 0.2) is 6.29 Å². The van der Waals surface area contributed by atoms with Crippen LogP contribution in [0.1, 0.15) is 66.8 Å². The number of anilines is 1. The maximum absolute atomic E-state index is 14.2. The molecule has 1 fully saturated rings. The van der Waals surface area contributed by atoms with E-state index in [1.807, 2.05) is 12.1 Å². The molecular weight excluding hydrogens is 471 g/mol. The number of aromatic nitrogens is 1. The van der Waals surface area contributed by atoms with E-state index in [1.165, 1.54) is 12.1 Å². The Morgan fingerprint density at radius 1 is 1.11 bits per heavy atom. The van der Waals surface area contributed by atoms with Gasteiger partial charge in [-0.15, -0.1) is 0 Å². The van der Waals surface area contributed by atoms with E-state index in [0.29, 0.717) is 23.9 Å². The van der Waals surface area contributed by atoms with E-state index in [2.05, 4.69) is 24.5 Å². The molecule has 7 nitrogen and oxygen atoms in total. The molecule has 0 unspecified atom stereocenters. The van der Waals surface area contributed by atoms with Crippen LogP contribution < -0.4 is 16.4 Å². The van der Waals surface area contributed by atoms with E-state index < -0.39 is 0 Å². The minimum absolute atomic E-state index is 0.0124. The molecule has 0 spiro atoms. The lowest BCUT2D eigenvalue weighted by Gasteiger charge is -2.31. The highest BCUT2D eigenvalue weighted by atomic mass is 19.1. The lowest BCUT2D eigenvalue weighted by molar-refractivity contribution is -0.120. The Morgan fingerprint density at radius 3 is 2.54 bits per heavy atom. The summed E-state index contributed by atoms with van der Waals surface area (Å²) in [7, 11) is 0. The Kier molecular flexibility index (Phi) is 6.62. The maximum atomic E-state index is 14.2. The van der Waals surface area contributed by atoms with Gasteiger partial charge in [0, 0.05) is 46.4 Å². The van der Waals surface area contributed by atoms with E-state index >= 15 is 0 Å². The van der Waals surface area contributed by atoms with Gasteiger partial charge >= 0.3 is 0 Å². The first-order chi connectivity index (χ1) is 17.7. The molecular formula is C29H33FN4O3. The molecule has 1 aromatic heterocycles. The first kappa shape index (κ1) is 25.1. The zero-order valence-electron chi connectivity index (χ0n) is 21.3. The molecule has 1 aliphatic heterocycles. The zero-order valence-corrected chi connectivity index (χ0v) is 21.3. The molecule has 0 bridgehead atoms. The van der Waals surface area contributed by atoms with Gasteiger partial charge in [-0.25, -0.2) is 4.39 Å². The van der Waals surface area contributed by atoms with Gasteiger partial charge in [-0.1, -0.05) is 19.9 Å². The van der Waals surface area contributed by atoms with Gasteiger partial charge in [0.2, 0.25) is 11.8 Å². The predicted molar refractivity (Wildman–Crippen MR) is 142 cm³/mol. The summed E-state index contributed by atoms with van der Waals surface area (Å²) in [4.78, 5) is 36.7. The smallest absolute Gasteiger partial charge is 0.233 e. The number of hydrogen-bond donors (Lipinski definition) is 3. The van der Waals surface area contributed by atoms with Crippen LogP contribution in [0.15, 0.2) is 36.4 Å². The molecule has 4 N–H and O–H groups in total. The van der Waals surface area contributed by atoms with Gasteiger partial charge in [-0.3, -0.25) is 19.0 Å². The number of carbonyl (C=O) groups excluding carboxylic acids is 3. The number of nitrogens with one attached hydrogen (secondary N) is 2. The Bertz CT molecular complexity index is 1390. The average molecular weight is 505 g/mol. The number of nitrogens with zero attached hydrogens (tertiary/aromatic N) is 1. The van der Waals surface area contributed by atoms with Gasteiger partial charge < -0.3 is 16.4 Å². The fraction of sp³-hybridized carbons (Fsp3) is 0.414. The third kappa shape index (κ3) is 4.90. The summed E-state index contributed by atoms with van der Waals surface area (Å²) in [5.74, 6) is -0.555. The monoisotopic (exact) mass is 504 g/mol. The summed E-state index contributed by atoms with van der Waals surface area (Å²) in [6.45, 7) is 4.14. The number of fused-ring (bicyclic) bond motifs is 3. The maximum Gasteiger partial charge on any atom is 0.233 e. The minimum Gasteiger partial charge on any atom is -0.382 e. The lowest BCUT2D eigenvalue weighted by Crippen LogP contribution is -2.42. The second-order valence-electron chi connectivity index (χ2n) is 11.1. The van der Waals surface area contributed by atoms with Crippen molar-refractivity contribution in [3.8, 4) is 11.1 Å². The standard InChI is InChI=1S/C29H33FN4O3/c1-29(2)13-25-28(22-10-5-19(30)12-24(22)34(25)27(37)14-29)17-3-4-18(16-35)23(11-17)32-20-6-8-21(9-7-20)33-26(36)15-31/h3-5,10-12,16,20-21,32H,6-9,13-15,31H2,1-2H3,(H,33,36)/t20-,21-. The Balaban J connectivity index is 1.51. The van der Waals surface area contributed by atoms with Gasteiger partial charge in [-0.05, 0) is 73.4 Å². The topological polar surface area (TPSA) is 106 Å². The third-order valence-corrected chi connectivity index (χ3v) is 7.66. The van der Waals surface area contributed by atoms with E-state index in [0.717, 1.165) is 59.9 Å². The molecule has 2 aromatic carbocycles. The molecule has 3 aromatic rings. The number of hydrogen-bond acceptors (Lipinski definition) is 5. The molecule has 0 saturated heterocycles.